The molecule has 11 heteroatoms. The van der Waals surface area contributed by atoms with Crippen molar-refractivity contribution in [2.24, 2.45) is 5.73 Å². The monoisotopic (exact) mass is 426 g/mol. The van der Waals surface area contributed by atoms with Crippen LogP contribution < -0.4 is 5.73 Å². The van der Waals surface area contributed by atoms with Crippen molar-refractivity contribution in [3.05, 3.63) is 65.7 Å². The van der Waals surface area contributed by atoms with Crippen molar-refractivity contribution in [2.75, 3.05) is 6.61 Å². The molecule has 0 saturated heterocycles. The summed E-state index contributed by atoms with van der Waals surface area (Å²) < 4.78 is 70.5. The maximum Gasteiger partial charge on any atom is 0.330 e. The van der Waals surface area contributed by atoms with Crippen LogP contribution in [-0.4, -0.2) is 39.6 Å². The molecule has 0 aliphatic heterocycles. The maximum atomic E-state index is 14.3. The standard InChI is InChI=1S/C19H15F5N4O2/c20-14-7-2-1-6-13(14)17-26-16(15(25)29)27-28(17)12-5-3-4-11(8-12)9-30-10-19(23,24)18(21)22/h1-8,18H,9-10H2,(H2,25,29). The fraction of sp³-hybridized carbons (Fsp3) is 0.211. The summed E-state index contributed by atoms with van der Waals surface area (Å²) in [5.41, 5.74) is 5.93. The minimum absolute atomic E-state index is 0.01000. The second-order valence-corrected chi connectivity index (χ2v) is 6.24. The number of alkyl halides is 4. The molecule has 0 saturated carbocycles. The van der Waals surface area contributed by atoms with Gasteiger partial charge in [0.05, 0.1) is 17.9 Å². The fourth-order valence-electron chi connectivity index (χ4n) is 2.56. The van der Waals surface area contributed by atoms with Crippen molar-refractivity contribution in [1.82, 2.24) is 14.8 Å². The number of aromatic nitrogens is 3. The molecule has 2 N–H and O–H groups in total. The normalized spacial score (nSPS) is 11.8. The number of benzene rings is 2. The number of nitrogens with zero attached hydrogens (tertiary/aromatic N) is 3. The predicted octanol–water partition coefficient (Wildman–Crippen LogP) is 3.59. The molecule has 0 spiro atoms. The summed E-state index contributed by atoms with van der Waals surface area (Å²) >= 11 is 0. The molecular formula is C19H15F5N4O2. The van der Waals surface area contributed by atoms with Gasteiger partial charge in [0.2, 0.25) is 5.82 Å². The Hall–Kier alpha value is -3.34. The lowest BCUT2D eigenvalue weighted by Gasteiger charge is -2.15. The van der Waals surface area contributed by atoms with Crippen molar-refractivity contribution < 1.29 is 31.5 Å². The molecule has 30 heavy (non-hydrogen) atoms. The number of ether oxygens (including phenoxy) is 1. The lowest BCUT2D eigenvalue weighted by Crippen LogP contribution is -2.32. The summed E-state index contributed by atoms with van der Waals surface area (Å²) in [6.45, 7) is -1.84. The van der Waals surface area contributed by atoms with Crippen molar-refractivity contribution in [1.29, 1.82) is 0 Å². The second kappa shape index (κ2) is 8.57. The van der Waals surface area contributed by atoms with Crippen molar-refractivity contribution in [2.45, 2.75) is 19.0 Å². The van der Waals surface area contributed by atoms with Gasteiger partial charge in [-0.2, -0.15) is 8.78 Å². The summed E-state index contributed by atoms with van der Waals surface area (Å²) in [5.74, 6) is -6.18. The van der Waals surface area contributed by atoms with E-state index < -0.39 is 30.7 Å². The van der Waals surface area contributed by atoms with Gasteiger partial charge < -0.3 is 10.5 Å². The van der Waals surface area contributed by atoms with Crippen molar-refractivity contribution >= 4 is 5.91 Å². The SMILES string of the molecule is NC(=O)c1nc(-c2ccccc2F)n(-c2cccc(COCC(F)(F)C(F)F)c2)n1. The Morgan fingerprint density at radius 1 is 1.17 bits per heavy atom. The minimum Gasteiger partial charge on any atom is -0.370 e. The van der Waals surface area contributed by atoms with Crippen LogP contribution in [-0.2, 0) is 11.3 Å². The number of amides is 1. The van der Waals surface area contributed by atoms with E-state index in [9.17, 15) is 26.7 Å². The number of nitrogens with two attached hydrogens (primary N) is 1. The number of hydrogen-bond acceptors (Lipinski definition) is 4. The minimum atomic E-state index is -4.27. The summed E-state index contributed by atoms with van der Waals surface area (Å²) in [7, 11) is 0. The van der Waals surface area contributed by atoms with Crippen molar-refractivity contribution in [3.8, 4) is 17.1 Å². The van der Waals surface area contributed by atoms with Gasteiger partial charge in [-0.15, -0.1) is 5.10 Å². The molecule has 0 aliphatic rings. The zero-order chi connectivity index (χ0) is 21.9. The number of halogens is 5. The first-order chi connectivity index (χ1) is 14.2. The Kier molecular flexibility index (Phi) is 6.11. The van der Waals surface area contributed by atoms with E-state index in [-0.39, 0.29) is 23.8 Å². The number of rotatable bonds is 8. The first-order valence-electron chi connectivity index (χ1n) is 8.54. The van der Waals surface area contributed by atoms with Crippen LogP contribution in [0, 0.1) is 5.82 Å². The first-order valence-corrected chi connectivity index (χ1v) is 8.54. The molecule has 3 aromatic rings. The lowest BCUT2D eigenvalue weighted by atomic mass is 10.2. The third-order valence-electron chi connectivity index (χ3n) is 3.98. The molecule has 0 fully saturated rings. The summed E-state index contributed by atoms with van der Waals surface area (Å²) in [6.07, 6.45) is -3.84. The van der Waals surface area contributed by atoms with Crippen LogP contribution in [0.3, 0.4) is 0 Å². The van der Waals surface area contributed by atoms with Crippen LogP contribution >= 0.6 is 0 Å². The summed E-state index contributed by atoms with van der Waals surface area (Å²) in [6, 6.07) is 11.7. The highest BCUT2D eigenvalue weighted by Gasteiger charge is 2.40. The Bertz CT molecular complexity index is 1050. The Balaban J connectivity index is 1.92. The van der Waals surface area contributed by atoms with Crippen LogP contribution in [0.5, 0.6) is 0 Å². The molecule has 1 heterocycles. The van der Waals surface area contributed by atoms with E-state index in [2.05, 4.69) is 10.1 Å². The highest BCUT2D eigenvalue weighted by atomic mass is 19.3. The molecule has 3 rings (SSSR count). The van der Waals surface area contributed by atoms with Gasteiger partial charge in [0.1, 0.15) is 12.4 Å². The second-order valence-electron chi connectivity index (χ2n) is 6.24. The number of primary amides is 1. The van der Waals surface area contributed by atoms with Crippen LogP contribution in [0.25, 0.3) is 17.1 Å². The third-order valence-corrected chi connectivity index (χ3v) is 3.98. The van der Waals surface area contributed by atoms with E-state index in [0.717, 1.165) is 4.68 Å². The molecule has 0 bridgehead atoms. The van der Waals surface area contributed by atoms with Gasteiger partial charge in [-0.05, 0) is 29.8 Å². The van der Waals surface area contributed by atoms with Crippen LogP contribution in [0.4, 0.5) is 22.0 Å². The molecule has 0 aliphatic carbocycles. The zero-order valence-electron chi connectivity index (χ0n) is 15.2. The van der Waals surface area contributed by atoms with Gasteiger partial charge in [0, 0.05) is 0 Å². The largest absolute Gasteiger partial charge is 0.370 e. The highest BCUT2D eigenvalue weighted by molar-refractivity contribution is 5.89. The molecule has 2 aromatic carbocycles. The zero-order valence-corrected chi connectivity index (χ0v) is 15.2. The first kappa shape index (κ1) is 21.4. The van der Waals surface area contributed by atoms with Gasteiger partial charge in [0.15, 0.2) is 5.82 Å². The van der Waals surface area contributed by atoms with E-state index in [0.29, 0.717) is 11.3 Å². The smallest absolute Gasteiger partial charge is 0.330 e. The topological polar surface area (TPSA) is 83.0 Å². The van der Waals surface area contributed by atoms with Gasteiger partial charge in [-0.3, -0.25) is 4.79 Å². The molecule has 6 nitrogen and oxygen atoms in total. The molecule has 0 radical (unpaired) electrons. The summed E-state index contributed by atoms with van der Waals surface area (Å²) in [4.78, 5) is 15.5. The number of carbonyl (C=O) groups excluding carboxylic acids is 1. The highest BCUT2D eigenvalue weighted by Crippen LogP contribution is 2.25. The lowest BCUT2D eigenvalue weighted by molar-refractivity contribution is -0.168. The van der Waals surface area contributed by atoms with Gasteiger partial charge >= 0.3 is 12.3 Å². The maximum absolute atomic E-state index is 14.3. The van der Waals surface area contributed by atoms with Gasteiger partial charge in [-0.1, -0.05) is 24.3 Å². The third kappa shape index (κ3) is 4.62. The Morgan fingerprint density at radius 2 is 1.90 bits per heavy atom. The molecule has 0 unspecified atom stereocenters. The quantitative estimate of drug-likeness (QED) is 0.558. The van der Waals surface area contributed by atoms with E-state index in [1.54, 1.807) is 12.1 Å². The van der Waals surface area contributed by atoms with Crippen LogP contribution in [0.2, 0.25) is 0 Å². The fourth-order valence-corrected chi connectivity index (χ4v) is 2.56. The molecule has 1 aromatic heterocycles. The van der Waals surface area contributed by atoms with E-state index >= 15 is 0 Å². The Morgan fingerprint density at radius 3 is 2.57 bits per heavy atom. The molecule has 1 amide bonds. The van der Waals surface area contributed by atoms with Crippen molar-refractivity contribution in [3.63, 3.8) is 0 Å². The molecule has 0 atom stereocenters. The predicted molar refractivity (Wildman–Crippen MR) is 95.9 cm³/mol. The number of carbonyl (C=O) groups is 1. The van der Waals surface area contributed by atoms with Crippen LogP contribution in [0.15, 0.2) is 48.5 Å². The molecule has 158 valence electrons. The van der Waals surface area contributed by atoms with E-state index in [1.165, 1.54) is 36.4 Å². The van der Waals surface area contributed by atoms with E-state index in [4.69, 9.17) is 10.5 Å². The average Bonchev–Trinajstić information content (AvgIpc) is 3.14. The van der Waals surface area contributed by atoms with Gasteiger partial charge in [-0.25, -0.2) is 22.8 Å². The summed E-state index contributed by atoms with van der Waals surface area (Å²) in [5, 5.41) is 3.99. The average molecular weight is 426 g/mol. The Labute approximate surface area is 167 Å². The van der Waals surface area contributed by atoms with E-state index in [1.807, 2.05) is 0 Å². The molecular weight excluding hydrogens is 411 g/mol. The number of hydrogen-bond donors (Lipinski definition) is 1. The van der Waals surface area contributed by atoms with Crippen LogP contribution in [0.1, 0.15) is 16.2 Å². The van der Waals surface area contributed by atoms with Gasteiger partial charge in [0.25, 0.3) is 5.91 Å².